The van der Waals surface area contributed by atoms with Crippen molar-refractivity contribution in [1.29, 1.82) is 0 Å². The smallest absolute Gasteiger partial charge is 0.138 e. The molecule has 3 heteroatoms. The molecule has 0 radical (unpaired) electrons. The van der Waals surface area contributed by atoms with Gasteiger partial charge in [-0.25, -0.2) is 4.98 Å². The van der Waals surface area contributed by atoms with E-state index < -0.39 is 0 Å². The van der Waals surface area contributed by atoms with E-state index in [1.165, 1.54) is 21.9 Å². The quantitative estimate of drug-likeness (QED) is 0.249. The molecule has 3 heterocycles. The third-order valence-corrected chi connectivity index (χ3v) is 7.42. The molecule has 0 atom stereocenters. The van der Waals surface area contributed by atoms with E-state index in [9.17, 15) is 0 Å². The number of rotatable bonds is 3. The monoisotopic (exact) mass is 486 g/mol. The van der Waals surface area contributed by atoms with Gasteiger partial charge in [-0.05, 0) is 59.7 Å². The number of furan rings is 1. The zero-order valence-electron chi connectivity index (χ0n) is 20.5. The van der Waals surface area contributed by atoms with Gasteiger partial charge < -0.3 is 4.42 Å². The normalized spacial score (nSPS) is 11.7. The Morgan fingerprint density at radius 2 is 1.13 bits per heavy atom. The number of pyridine rings is 1. The van der Waals surface area contributed by atoms with E-state index in [2.05, 4.69) is 120 Å². The largest absolute Gasteiger partial charge is 0.456 e. The highest BCUT2D eigenvalue weighted by Gasteiger charge is 2.15. The molecule has 5 aromatic carbocycles. The standard InChI is InChI=1S/C35H22N2O/c1-2-9-23(10-3-1)30-13-8-16-35(36-30)37-31-14-6-4-11-26(31)28-21-24(17-19-32(28)37)25-18-20-34-29(22-25)27-12-5-7-15-33(27)38-34/h1-22H. The summed E-state index contributed by atoms with van der Waals surface area (Å²) in [6.45, 7) is 0. The van der Waals surface area contributed by atoms with E-state index in [1.54, 1.807) is 0 Å². The lowest BCUT2D eigenvalue weighted by Crippen LogP contribution is -1.98. The molecule has 0 aliphatic carbocycles. The Labute approximate surface area is 219 Å². The molecule has 8 rings (SSSR count). The van der Waals surface area contributed by atoms with Crippen LogP contribution in [0, 0.1) is 0 Å². The molecule has 0 unspecified atom stereocenters. The Kier molecular flexibility index (Phi) is 4.52. The molecule has 3 nitrogen and oxygen atoms in total. The molecule has 0 aliphatic heterocycles. The van der Waals surface area contributed by atoms with Crippen molar-refractivity contribution in [2.45, 2.75) is 0 Å². The number of benzene rings is 5. The fourth-order valence-electron chi connectivity index (χ4n) is 5.62. The van der Waals surface area contributed by atoms with Crippen LogP contribution in [0.1, 0.15) is 0 Å². The number of nitrogens with zero attached hydrogens (tertiary/aromatic N) is 2. The van der Waals surface area contributed by atoms with Gasteiger partial charge in [0.25, 0.3) is 0 Å². The first kappa shape index (κ1) is 21.0. The predicted octanol–water partition coefficient (Wildman–Crippen LogP) is 9.41. The number of hydrogen-bond acceptors (Lipinski definition) is 2. The van der Waals surface area contributed by atoms with E-state index >= 15 is 0 Å². The molecule has 0 fully saturated rings. The van der Waals surface area contributed by atoms with Gasteiger partial charge in [-0.1, -0.05) is 84.9 Å². The molecule has 8 aromatic rings. The van der Waals surface area contributed by atoms with Gasteiger partial charge in [-0.2, -0.15) is 0 Å². The zero-order valence-corrected chi connectivity index (χ0v) is 20.5. The number of para-hydroxylation sites is 2. The Balaban J connectivity index is 1.33. The van der Waals surface area contributed by atoms with Crippen LogP contribution in [0.15, 0.2) is 138 Å². The minimum Gasteiger partial charge on any atom is -0.456 e. The van der Waals surface area contributed by atoms with E-state index in [1.807, 2.05) is 18.2 Å². The van der Waals surface area contributed by atoms with Crippen molar-refractivity contribution >= 4 is 43.7 Å². The minimum absolute atomic E-state index is 0.914. The summed E-state index contributed by atoms with van der Waals surface area (Å²) in [4.78, 5) is 5.08. The Morgan fingerprint density at radius 1 is 0.447 bits per heavy atom. The highest BCUT2D eigenvalue weighted by Crippen LogP contribution is 2.37. The summed E-state index contributed by atoms with van der Waals surface area (Å²) in [5.41, 5.74) is 8.55. The van der Waals surface area contributed by atoms with Crippen LogP contribution in [0.2, 0.25) is 0 Å². The highest BCUT2D eigenvalue weighted by atomic mass is 16.3. The second-order valence-corrected chi connectivity index (χ2v) is 9.64. The second-order valence-electron chi connectivity index (χ2n) is 9.64. The molecule has 3 aromatic heterocycles. The molecular formula is C35H22N2O. The van der Waals surface area contributed by atoms with Crippen molar-refractivity contribution in [3.63, 3.8) is 0 Å². The van der Waals surface area contributed by atoms with Gasteiger partial charge in [0.05, 0.1) is 16.7 Å². The van der Waals surface area contributed by atoms with Crippen LogP contribution in [0.4, 0.5) is 0 Å². The molecule has 38 heavy (non-hydrogen) atoms. The SMILES string of the molecule is c1ccc(-c2cccc(-n3c4ccccc4c4cc(-c5ccc6oc7ccccc7c6c5)ccc43)n2)cc1. The van der Waals surface area contributed by atoms with Gasteiger partial charge in [0.1, 0.15) is 17.0 Å². The van der Waals surface area contributed by atoms with Crippen molar-refractivity contribution in [2.24, 2.45) is 0 Å². The molecule has 0 N–H and O–H groups in total. The molecule has 0 aliphatic rings. The van der Waals surface area contributed by atoms with Crippen LogP contribution in [0.3, 0.4) is 0 Å². The average molecular weight is 487 g/mol. The second kappa shape index (κ2) is 8.19. The summed E-state index contributed by atoms with van der Waals surface area (Å²) in [6, 6.07) is 46.6. The highest BCUT2D eigenvalue weighted by molar-refractivity contribution is 6.11. The van der Waals surface area contributed by atoms with Crippen molar-refractivity contribution in [1.82, 2.24) is 9.55 Å². The minimum atomic E-state index is 0.914. The van der Waals surface area contributed by atoms with Crippen molar-refractivity contribution < 1.29 is 4.42 Å². The number of hydrogen-bond donors (Lipinski definition) is 0. The Morgan fingerprint density at radius 3 is 2.03 bits per heavy atom. The first-order chi connectivity index (χ1) is 18.8. The van der Waals surface area contributed by atoms with Crippen LogP contribution in [0.5, 0.6) is 0 Å². The zero-order chi connectivity index (χ0) is 25.1. The fourth-order valence-corrected chi connectivity index (χ4v) is 5.62. The molecule has 0 bridgehead atoms. The lowest BCUT2D eigenvalue weighted by atomic mass is 10.0. The maximum atomic E-state index is 6.05. The van der Waals surface area contributed by atoms with Crippen LogP contribution in [-0.2, 0) is 0 Å². The number of fused-ring (bicyclic) bond motifs is 6. The first-order valence-electron chi connectivity index (χ1n) is 12.8. The van der Waals surface area contributed by atoms with E-state index in [-0.39, 0.29) is 0 Å². The van der Waals surface area contributed by atoms with Crippen molar-refractivity contribution in [3.8, 4) is 28.2 Å². The van der Waals surface area contributed by atoms with Crippen molar-refractivity contribution in [3.05, 3.63) is 133 Å². The summed E-state index contributed by atoms with van der Waals surface area (Å²) in [6.07, 6.45) is 0. The molecular weight excluding hydrogens is 464 g/mol. The molecule has 0 spiro atoms. The maximum absolute atomic E-state index is 6.05. The molecule has 0 saturated carbocycles. The lowest BCUT2D eigenvalue weighted by Gasteiger charge is -2.09. The molecule has 0 amide bonds. The first-order valence-corrected chi connectivity index (χ1v) is 12.8. The van der Waals surface area contributed by atoms with E-state index in [4.69, 9.17) is 9.40 Å². The van der Waals surface area contributed by atoms with Gasteiger partial charge in [0, 0.05) is 27.1 Å². The summed E-state index contributed by atoms with van der Waals surface area (Å²) in [7, 11) is 0. The molecule has 0 saturated heterocycles. The third kappa shape index (κ3) is 3.19. The summed E-state index contributed by atoms with van der Waals surface area (Å²) < 4.78 is 8.33. The van der Waals surface area contributed by atoms with E-state index in [0.29, 0.717) is 0 Å². The summed E-state index contributed by atoms with van der Waals surface area (Å²) >= 11 is 0. The third-order valence-electron chi connectivity index (χ3n) is 7.42. The molecule has 178 valence electrons. The average Bonchev–Trinajstić information content (AvgIpc) is 3.53. The summed E-state index contributed by atoms with van der Waals surface area (Å²) in [5, 5.41) is 4.71. The van der Waals surface area contributed by atoms with Gasteiger partial charge in [0.2, 0.25) is 0 Å². The van der Waals surface area contributed by atoms with Gasteiger partial charge in [-0.3, -0.25) is 4.57 Å². The lowest BCUT2D eigenvalue weighted by molar-refractivity contribution is 0.669. The van der Waals surface area contributed by atoms with Crippen LogP contribution < -0.4 is 0 Å². The number of aromatic nitrogens is 2. The van der Waals surface area contributed by atoms with Crippen LogP contribution in [-0.4, -0.2) is 9.55 Å². The van der Waals surface area contributed by atoms with Gasteiger partial charge >= 0.3 is 0 Å². The van der Waals surface area contributed by atoms with E-state index in [0.717, 1.165) is 50.0 Å². The van der Waals surface area contributed by atoms with Crippen LogP contribution in [0.25, 0.3) is 71.9 Å². The Hall–Kier alpha value is -5.15. The topological polar surface area (TPSA) is 31.0 Å². The van der Waals surface area contributed by atoms with Crippen LogP contribution >= 0.6 is 0 Å². The van der Waals surface area contributed by atoms with Gasteiger partial charge in [-0.15, -0.1) is 0 Å². The fraction of sp³-hybridized carbons (Fsp3) is 0. The van der Waals surface area contributed by atoms with Gasteiger partial charge in [0.15, 0.2) is 0 Å². The van der Waals surface area contributed by atoms with Crippen molar-refractivity contribution in [2.75, 3.05) is 0 Å². The Bertz CT molecular complexity index is 2130. The maximum Gasteiger partial charge on any atom is 0.138 e. The predicted molar refractivity (Wildman–Crippen MR) is 157 cm³/mol. The summed E-state index contributed by atoms with van der Waals surface area (Å²) in [5.74, 6) is 0.914.